The number of benzene rings is 2. The topological polar surface area (TPSA) is 85.9 Å². The molecule has 0 fully saturated rings. The Bertz CT molecular complexity index is 746. The zero-order valence-electron chi connectivity index (χ0n) is 13.6. The first kappa shape index (κ1) is 17.1. The van der Waals surface area contributed by atoms with Crippen LogP contribution in [-0.4, -0.2) is 26.2 Å². The number of carbonyl (C=O) groups excluding carboxylic acids is 2. The highest BCUT2D eigenvalue weighted by atomic mass is 16.6. The van der Waals surface area contributed by atoms with E-state index in [1.807, 2.05) is 0 Å². The van der Waals surface area contributed by atoms with Gasteiger partial charge >= 0.3 is 6.09 Å². The van der Waals surface area contributed by atoms with E-state index in [0.717, 1.165) is 0 Å². The molecule has 0 bridgehead atoms. The third kappa shape index (κ3) is 4.64. The van der Waals surface area contributed by atoms with E-state index in [1.54, 1.807) is 42.5 Å². The van der Waals surface area contributed by atoms with Gasteiger partial charge in [0, 0.05) is 24.7 Å². The average Bonchev–Trinajstić information content (AvgIpc) is 2.54. The summed E-state index contributed by atoms with van der Waals surface area (Å²) in [5.74, 6) is 1.12. The second kappa shape index (κ2) is 7.87. The van der Waals surface area contributed by atoms with Crippen LogP contribution in [0.1, 0.15) is 6.92 Å². The number of anilines is 2. The molecule has 0 spiro atoms. The molecule has 0 atom stereocenters. The van der Waals surface area contributed by atoms with Crippen molar-refractivity contribution in [3.05, 3.63) is 42.5 Å². The van der Waals surface area contributed by atoms with Crippen molar-refractivity contribution < 1.29 is 23.8 Å². The van der Waals surface area contributed by atoms with E-state index in [4.69, 9.17) is 14.2 Å². The number of carbonyl (C=O) groups is 2. The van der Waals surface area contributed by atoms with Gasteiger partial charge in [0.2, 0.25) is 5.91 Å². The quantitative estimate of drug-likeness (QED) is 0.879. The van der Waals surface area contributed by atoms with Crippen molar-refractivity contribution in [3.8, 4) is 17.2 Å². The molecule has 2 aromatic rings. The van der Waals surface area contributed by atoms with Gasteiger partial charge in [0.05, 0.1) is 19.9 Å². The number of amides is 2. The van der Waals surface area contributed by atoms with Gasteiger partial charge in [-0.2, -0.15) is 0 Å². The lowest BCUT2D eigenvalue weighted by atomic mass is 10.2. The summed E-state index contributed by atoms with van der Waals surface area (Å²) in [6, 6.07) is 11.5. The first-order chi connectivity index (χ1) is 11.5. The zero-order valence-corrected chi connectivity index (χ0v) is 13.6. The summed E-state index contributed by atoms with van der Waals surface area (Å²) >= 11 is 0. The molecule has 0 aliphatic rings. The molecular weight excluding hydrogens is 312 g/mol. The second-order valence-corrected chi connectivity index (χ2v) is 4.79. The van der Waals surface area contributed by atoms with Crippen molar-refractivity contribution in [1.82, 2.24) is 0 Å². The third-order valence-corrected chi connectivity index (χ3v) is 3.01. The van der Waals surface area contributed by atoms with Gasteiger partial charge in [-0.3, -0.25) is 10.1 Å². The van der Waals surface area contributed by atoms with Crippen LogP contribution in [0.5, 0.6) is 17.2 Å². The Balaban J connectivity index is 2.09. The van der Waals surface area contributed by atoms with Crippen molar-refractivity contribution in [3.63, 3.8) is 0 Å². The number of rotatable bonds is 5. The molecule has 0 heterocycles. The molecule has 7 nitrogen and oxygen atoms in total. The Kier molecular flexibility index (Phi) is 5.62. The number of methoxy groups -OCH3 is 2. The fourth-order valence-electron chi connectivity index (χ4n) is 1.99. The maximum atomic E-state index is 12.1. The molecule has 0 saturated heterocycles. The zero-order chi connectivity index (χ0) is 17.5. The maximum Gasteiger partial charge on any atom is 0.417 e. The lowest BCUT2D eigenvalue weighted by molar-refractivity contribution is -0.114. The summed E-state index contributed by atoms with van der Waals surface area (Å²) in [6.07, 6.45) is -0.693. The molecule has 0 radical (unpaired) electrons. The summed E-state index contributed by atoms with van der Waals surface area (Å²) in [7, 11) is 3.02. The van der Waals surface area contributed by atoms with Crippen LogP contribution in [0.25, 0.3) is 0 Å². The fraction of sp³-hybridized carbons (Fsp3) is 0.176. The molecule has 2 aromatic carbocycles. The average molecular weight is 330 g/mol. The second-order valence-electron chi connectivity index (χ2n) is 4.79. The largest absolute Gasteiger partial charge is 0.497 e. The van der Waals surface area contributed by atoms with Gasteiger partial charge in [0.25, 0.3) is 0 Å². The minimum Gasteiger partial charge on any atom is -0.497 e. The normalized spacial score (nSPS) is 9.79. The first-order valence-corrected chi connectivity index (χ1v) is 7.10. The molecule has 0 aliphatic carbocycles. The van der Waals surface area contributed by atoms with E-state index in [0.29, 0.717) is 28.6 Å². The van der Waals surface area contributed by atoms with Crippen LogP contribution in [0, 0.1) is 0 Å². The van der Waals surface area contributed by atoms with Crippen molar-refractivity contribution in [2.75, 3.05) is 24.9 Å². The van der Waals surface area contributed by atoms with Gasteiger partial charge in [0.1, 0.15) is 17.2 Å². The predicted molar refractivity (Wildman–Crippen MR) is 89.9 cm³/mol. The number of hydrogen-bond donors (Lipinski definition) is 2. The Hall–Kier alpha value is -3.22. The number of ether oxygens (including phenoxy) is 3. The Labute approximate surface area is 139 Å². The molecule has 2 rings (SSSR count). The summed E-state index contributed by atoms with van der Waals surface area (Å²) in [6.45, 7) is 1.40. The van der Waals surface area contributed by atoms with Crippen LogP contribution in [0.2, 0.25) is 0 Å². The Morgan fingerprint density at radius 3 is 2.38 bits per heavy atom. The van der Waals surface area contributed by atoms with E-state index in [-0.39, 0.29) is 5.91 Å². The van der Waals surface area contributed by atoms with Gasteiger partial charge < -0.3 is 19.5 Å². The highest BCUT2D eigenvalue weighted by Gasteiger charge is 2.11. The molecule has 0 saturated carbocycles. The molecule has 24 heavy (non-hydrogen) atoms. The smallest absolute Gasteiger partial charge is 0.417 e. The summed E-state index contributed by atoms with van der Waals surface area (Å²) in [5, 5.41) is 5.21. The molecule has 2 amide bonds. The summed E-state index contributed by atoms with van der Waals surface area (Å²) < 4.78 is 15.5. The number of nitrogens with one attached hydrogen (secondary N) is 2. The van der Waals surface area contributed by atoms with Gasteiger partial charge in [-0.15, -0.1) is 0 Å². The summed E-state index contributed by atoms with van der Waals surface area (Å²) in [4.78, 5) is 23.1. The van der Waals surface area contributed by atoms with Crippen molar-refractivity contribution >= 4 is 23.4 Å². The lowest BCUT2D eigenvalue weighted by Crippen LogP contribution is -2.17. The Morgan fingerprint density at radius 2 is 1.71 bits per heavy atom. The van der Waals surface area contributed by atoms with Crippen molar-refractivity contribution in [2.45, 2.75) is 6.92 Å². The van der Waals surface area contributed by atoms with Gasteiger partial charge in [-0.1, -0.05) is 6.07 Å². The SMILES string of the molecule is COc1ccc(OC)c(NC(=O)Oc2cccc(NC(C)=O)c2)c1. The van der Waals surface area contributed by atoms with Crippen molar-refractivity contribution in [1.29, 1.82) is 0 Å². The van der Waals surface area contributed by atoms with Crippen LogP contribution in [0.3, 0.4) is 0 Å². The number of hydrogen-bond acceptors (Lipinski definition) is 5. The molecule has 7 heteroatoms. The van der Waals surface area contributed by atoms with Crippen LogP contribution < -0.4 is 24.8 Å². The van der Waals surface area contributed by atoms with Gasteiger partial charge in [-0.25, -0.2) is 4.79 Å². The van der Waals surface area contributed by atoms with E-state index >= 15 is 0 Å². The van der Waals surface area contributed by atoms with Crippen LogP contribution >= 0.6 is 0 Å². The summed E-state index contributed by atoms with van der Waals surface area (Å²) in [5.41, 5.74) is 0.951. The third-order valence-electron chi connectivity index (χ3n) is 3.01. The standard InChI is InChI=1S/C17H18N2O5/c1-11(20)18-12-5-4-6-14(9-12)24-17(21)19-15-10-13(22-2)7-8-16(15)23-3/h4-10H,1-3H3,(H,18,20)(H,19,21). The molecular formula is C17H18N2O5. The minimum atomic E-state index is -0.693. The van der Waals surface area contributed by atoms with E-state index in [9.17, 15) is 9.59 Å². The van der Waals surface area contributed by atoms with Crippen LogP contribution in [0.4, 0.5) is 16.2 Å². The van der Waals surface area contributed by atoms with E-state index < -0.39 is 6.09 Å². The molecule has 2 N–H and O–H groups in total. The Morgan fingerprint density at radius 1 is 0.917 bits per heavy atom. The molecule has 126 valence electrons. The fourth-order valence-corrected chi connectivity index (χ4v) is 1.99. The first-order valence-electron chi connectivity index (χ1n) is 7.10. The van der Waals surface area contributed by atoms with Crippen LogP contribution in [0.15, 0.2) is 42.5 Å². The molecule has 0 aromatic heterocycles. The predicted octanol–water partition coefficient (Wildman–Crippen LogP) is 3.27. The van der Waals surface area contributed by atoms with Gasteiger partial charge in [-0.05, 0) is 24.3 Å². The van der Waals surface area contributed by atoms with Crippen molar-refractivity contribution in [2.24, 2.45) is 0 Å². The van der Waals surface area contributed by atoms with Gasteiger partial charge in [0.15, 0.2) is 0 Å². The monoisotopic (exact) mass is 330 g/mol. The minimum absolute atomic E-state index is 0.210. The molecule has 0 unspecified atom stereocenters. The van der Waals surface area contributed by atoms with E-state index in [1.165, 1.54) is 21.1 Å². The lowest BCUT2D eigenvalue weighted by Gasteiger charge is -2.12. The molecule has 0 aliphatic heterocycles. The highest BCUT2D eigenvalue weighted by Crippen LogP contribution is 2.29. The highest BCUT2D eigenvalue weighted by molar-refractivity contribution is 5.90. The van der Waals surface area contributed by atoms with Crippen LogP contribution in [-0.2, 0) is 4.79 Å². The van der Waals surface area contributed by atoms with E-state index in [2.05, 4.69) is 10.6 Å². The maximum absolute atomic E-state index is 12.1.